The molecule has 0 radical (unpaired) electrons. The molecule has 8 heteroatoms. The Kier molecular flexibility index (Phi) is 4.35. The van der Waals surface area contributed by atoms with Crippen LogP contribution in [0.1, 0.15) is 12.5 Å². The molecule has 0 atom stereocenters. The van der Waals surface area contributed by atoms with Crippen LogP contribution >= 0.6 is 0 Å². The molecule has 4 aromatic heterocycles. The third-order valence-corrected chi connectivity index (χ3v) is 5.72. The lowest BCUT2D eigenvalue weighted by Crippen LogP contribution is -2.21. The maximum atomic E-state index is 13.3. The average molecular weight is 414 g/mol. The Hall–Kier alpha value is -3.94. The number of hydrogen-bond donors (Lipinski definition) is 0. The number of imidazole rings is 1. The molecule has 4 heterocycles. The fourth-order valence-corrected chi connectivity index (χ4v) is 4.11. The summed E-state index contributed by atoms with van der Waals surface area (Å²) in [5.41, 5.74) is 5.87. The Morgan fingerprint density at radius 3 is 2.68 bits per heavy atom. The number of fused-ring (bicyclic) bond motifs is 3. The van der Waals surface area contributed by atoms with Crippen LogP contribution in [0.4, 0.5) is 0 Å². The van der Waals surface area contributed by atoms with E-state index in [1.54, 1.807) is 46.6 Å². The molecule has 0 amide bonds. The molecule has 1 aromatic carbocycles. The molecule has 0 fully saturated rings. The van der Waals surface area contributed by atoms with E-state index in [0.717, 1.165) is 50.7 Å². The number of methoxy groups -OCH3 is 1. The summed E-state index contributed by atoms with van der Waals surface area (Å²) in [6.07, 6.45) is 9.78. The number of benzene rings is 1. The smallest absolute Gasteiger partial charge is 0.333 e. The van der Waals surface area contributed by atoms with Crippen molar-refractivity contribution in [3.05, 3.63) is 65.2 Å². The Bertz CT molecular complexity index is 1510. The van der Waals surface area contributed by atoms with Crippen molar-refractivity contribution < 1.29 is 4.74 Å². The Morgan fingerprint density at radius 2 is 1.97 bits per heavy atom. The van der Waals surface area contributed by atoms with Crippen LogP contribution in [0.5, 0.6) is 5.75 Å². The lowest BCUT2D eigenvalue weighted by atomic mass is 10.0. The first kappa shape index (κ1) is 19.0. The molecule has 31 heavy (non-hydrogen) atoms. The second-order valence-electron chi connectivity index (χ2n) is 7.50. The largest absolute Gasteiger partial charge is 0.496 e. The quantitative estimate of drug-likeness (QED) is 0.451. The standard InChI is InChI=1S/C23H22N6O2/c1-5-14-10-24-7-6-19(14)29-22-17-8-16(15-11-26-27(2)13-15)21(31-4)9-18(17)25-12-20(22)28(3)23(29)30/h6-13H,5H2,1-4H3. The van der Waals surface area contributed by atoms with E-state index in [2.05, 4.69) is 22.0 Å². The highest BCUT2D eigenvalue weighted by Crippen LogP contribution is 2.36. The van der Waals surface area contributed by atoms with Gasteiger partial charge < -0.3 is 4.74 Å². The van der Waals surface area contributed by atoms with Gasteiger partial charge in [-0.3, -0.25) is 23.8 Å². The van der Waals surface area contributed by atoms with Crippen LogP contribution in [0.3, 0.4) is 0 Å². The van der Waals surface area contributed by atoms with Gasteiger partial charge >= 0.3 is 5.69 Å². The van der Waals surface area contributed by atoms with Gasteiger partial charge in [0.1, 0.15) is 5.75 Å². The monoisotopic (exact) mass is 414 g/mol. The molecule has 156 valence electrons. The van der Waals surface area contributed by atoms with E-state index in [0.29, 0.717) is 5.75 Å². The van der Waals surface area contributed by atoms with E-state index >= 15 is 0 Å². The van der Waals surface area contributed by atoms with Crippen LogP contribution in [0, 0.1) is 0 Å². The van der Waals surface area contributed by atoms with Crippen molar-refractivity contribution in [2.45, 2.75) is 13.3 Å². The summed E-state index contributed by atoms with van der Waals surface area (Å²) < 4.78 is 10.8. The Morgan fingerprint density at radius 1 is 1.13 bits per heavy atom. The van der Waals surface area contributed by atoms with Gasteiger partial charge in [0, 0.05) is 55.3 Å². The molecule has 8 nitrogen and oxygen atoms in total. The molecule has 0 aliphatic carbocycles. The summed E-state index contributed by atoms with van der Waals surface area (Å²) in [6, 6.07) is 5.83. The molecule has 0 saturated carbocycles. The summed E-state index contributed by atoms with van der Waals surface area (Å²) in [5, 5.41) is 5.17. The van der Waals surface area contributed by atoms with E-state index in [-0.39, 0.29) is 5.69 Å². The number of ether oxygens (including phenoxy) is 1. The zero-order valence-corrected chi connectivity index (χ0v) is 17.8. The molecule has 0 aliphatic rings. The highest BCUT2D eigenvalue weighted by molar-refractivity contribution is 6.05. The van der Waals surface area contributed by atoms with Gasteiger partial charge in [-0.05, 0) is 24.1 Å². The van der Waals surface area contributed by atoms with Gasteiger partial charge in [-0.2, -0.15) is 5.10 Å². The first-order chi connectivity index (χ1) is 15.0. The lowest BCUT2D eigenvalue weighted by Gasteiger charge is -2.12. The van der Waals surface area contributed by atoms with Crippen molar-refractivity contribution in [3.8, 4) is 22.6 Å². The number of nitrogens with zero attached hydrogens (tertiary/aromatic N) is 6. The minimum atomic E-state index is -0.121. The molecule has 0 N–H and O–H groups in total. The van der Waals surface area contributed by atoms with E-state index in [9.17, 15) is 4.79 Å². The lowest BCUT2D eigenvalue weighted by molar-refractivity contribution is 0.417. The first-order valence-corrected chi connectivity index (χ1v) is 10.0. The Labute approximate surface area is 178 Å². The zero-order valence-electron chi connectivity index (χ0n) is 17.8. The summed E-state index contributed by atoms with van der Waals surface area (Å²) in [7, 11) is 5.29. The third kappa shape index (κ3) is 2.83. The predicted molar refractivity (Wildman–Crippen MR) is 120 cm³/mol. The summed E-state index contributed by atoms with van der Waals surface area (Å²) in [6.45, 7) is 2.06. The SMILES string of the molecule is CCc1cnccc1-n1c(=O)n(C)c2cnc3cc(OC)c(-c4cnn(C)c4)cc3c21. The highest BCUT2D eigenvalue weighted by Gasteiger charge is 2.20. The van der Waals surface area contributed by atoms with E-state index in [1.807, 2.05) is 37.6 Å². The van der Waals surface area contributed by atoms with Crippen molar-refractivity contribution >= 4 is 21.9 Å². The molecule has 0 spiro atoms. The number of rotatable bonds is 4. The topological polar surface area (TPSA) is 79.8 Å². The third-order valence-electron chi connectivity index (χ3n) is 5.72. The minimum Gasteiger partial charge on any atom is -0.496 e. The summed E-state index contributed by atoms with van der Waals surface area (Å²) >= 11 is 0. The Balaban J connectivity index is 1.94. The minimum absolute atomic E-state index is 0.121. The van der Waals surface area contributed by atoms with Crippen LogP contribution in [0.2, 0.25) is 0 Å². The van der Waals surface area contributed by atoms with Crippen molar-refractivity contribution in [2.24, 2.45) is 14.1 Å². The van der Waals surface area contributed by atoms with Gasteiger partial charge in [0.15, 0.2) is 0 Å². The second-order valence-corrected chi connectivity index (χ2v) is 7.50. The average Bonchev–Trinajstić information content (AvgIpc) is 3.34. The zero-order chi connectivity index (χ0) is 21.7. The van der Waals surface area contributed by atoms with Crippen LogP contribution < -0.4 is 10.4 Å². The predicted octanol–water partition coefficient (Wildman–Crippen LogP) is 3.24. The molecule has 0 aliphatic heterocycles. The molecule has 0 unspecified atom stereocenters. The number of pyridine rings is 2. The number of hydrogen-bond acceptors (Lipinski definition) is 5. The van der Waals surface area contributed by atoms with E-state index in [4.69, 9.17) is 4.74 Å². The summed E-state index contributed by atoms with van der Waals surface area (Å²) in [5.74, 6) is 0.704. The normalized spacial score (nSPS) is 11.5. The number of aryl methyl sites for hydroxylation is 3. The first-order valence-electron chi connectivity index (χ1n) is 10.0. The van der Waals surface area contributed by atoms with Gasteiger partial charge in [0.25, 0.3) is 0 Å². The van der Waals surface area contributed by atoms with Gasteiger partial charge in [0.05, 0.1) is 41.7 Å². The highest BCUT2D eigenvalue weighted by atomic mass is 16.5. The molecule has 5 rings (SSSR count). The fourth-order valence-electron chi connectivity index (χ4n) is 4.11. The van der Waals surface area contributed by atoms with Crippen LogP contribution in [0.25, 0.3) is 38.8 Å². The second kappa shape index (κ2) is 7.09. The van der Waals surface area contributed by atoms with Crippen molar-refractivity contribution in [1.29, 1.82) is 0 Å². The van der Waals surface area contributed by atoms with Crippen LogP contribution in [-0.4, -0.2) is 36.0 Å². The van der Waals surface area contributed by atoms with Gasteiger partial charge in [0.2, 0.25) is 0 Å². The molecular formula is C23H22N6O2. The molecular weight excluding hydrogens is 392 g/mol. The molecule has 0 bridgehead atoms. The van der Waals surface area contributed by atoms with Gasteiger partial charge in [-0.25, -0.2) is 4.79 Å². The van der Waals surface area contributed by atoms with Gasteiger partial charge in [-0.15, -0.1) is 0 Å². The van der Waals surface area contributed by atoms with E-state index < -0.39 is 0 Å². The molecule has 0 saturated heterocycles. The summed E-state index contributed by atoms with van der Waals surface area (Å²) in [4.78, 5) is 22.2. The van der Waals surface area contributed by atoms with Crippen molar-refractivity contribution in [2.75, 3.05) is 7.11 Å². The van der Waals surface area contributed by atoms with E-state index in [1.165, 1.54) is 0 Å². The maximum Gasteiger partial charge on any atom is 0.333 e. The van der Waals surface area contributed by atoms with Crippen LogP contribution in [-0.2, 0) is 20.5 Å². The molecule has 5 aromatic rings. The fraction of sp³-hybridized carbons (Fsp3) is 0.217. The van der Waals surface area contributed by atoms with Crippen molar-refractivity contribution in [1.82, 2.24) is 28.9 Å². The van der Waals surface area contributed by atoms with Gasteiger partial charge in [-0.1, -0.05) is 6.92 Å². The van der Waals surface area contributed by atoms with Crippen molar-refractivity contribution in [3.63, 3.8) is 0 Å². The van der Waals surface area contributed by atoms with Crippen LogP contribution in [0.15, 0.2) is 54.0 Å². The maximum absolute atomic E-state index is 13.3. The number of aromatic nitrogens is 6.